The summed E-state index contributed by atoms with van der Waals surface area (Å²) in [5.41, 5.74) is 4.60. The molecule has 1 saturated carbocycles. The molecule has 0 bridgehead atoms. The van der Waals surface area contributed by atoms with Crippen molar-refractivity contribution >= 4 is 39.8 Å². The minimum absolute atomic E-state index is 0.120. The second-order valence-electron chi connectivity index (χ2n) is 9.49. The molecule has 10 heteroatoms. The fourth-order valence-corrected chi connectivity index (χ4v) is 5.76. The molecule has 0 spiro atoms. The Bertz CT molecular complexity index is 1650. The van der Waals surface area contributed by atoms with Crippen LogP contribution in [0.5, 0.6) is 23.1 Å². The molecule has 2 aromatic heterocycles. The van der Waals surface area contributed by atoms with Gasteiger partial charge in [0.1, 0.15) is 16.8 Å². The number of hydrogen-bond acceptors (Lipinski definition) is 8. The molecule has 0 amide bonds. The molecule has 39 heavy (non-hydrogen) atoms. The third kappa shape index (κ3) is 4.83. The van der Waals surface area contributed by atoms with Gasteiger partial charge in [0.2, 0.25) is 5.88 Å². The van der Waals surface area contributed by atoms with Crippen molar-refractivity contribution in [2.24, 2.45) is 0 Å². The maximum atomic E-state index is 12.0. The standard InChI is InChI=1S/C29H27N3O6S/c1-35-19-10-7-17(8-11-19)16-32-24-15-26(37-20-5-3-4-6-20)25(36-2)14-21(24)27(28(32)38-29(33)34)18-9-12-22-23(13-18)31-39-30-22/h7-15,20H,3-6,16H2,1-2H3,(H,33,34). The monoisotopic (exact) mass is 545 g/mol. The molecule has 1 N–H and O–H groups in total. The van der Waals surface area contributed by atoms with E-state index in [0.717, 1.165) is 76.2 Å². The Morgan fingerprint density at radius 2 is 1.74 bits per heavy atom. The van der Waals surface area contributed by atoms with Crippen LogP contribution in [0, 0.1) is 0 Å². The topological polar surface area (TPSA) is 105 Å². The zero-order valence-electron chi connectivity index (χ0n) is 21.5. The van der Waals surface area contributed by atoms with Gasteiger partial charge in [-0.2, -0.15) is 8.75 Å². The van der Waals surface area contributed by atoms with E-state index in [2.05, 4.69) is 8.75 Å². The molecule has 9 nitrogen and oxygen atoms in total. The summed E-state index contributed by atoms with van der Waals surface area (Å²) in [6.45, 7) is 0.360. The molecule has 1 aliphatic carbocycles. The number of aromatic nitrogens is 3. The Hall–Kier alpha value is -4.31. The van der Waals surface area contributed by atoms with Crippen molar-refractivity contribution in [2.45, 2.75) is 38.3 Å². The molecule has 0 aliphatic heterocycles. The van der Waals surface area contributed by atoms with Crippen LogP contribution in [0.1, 0.15) is 31.2 Å². The van der Waals surface area contributed by atoms with Gasteiger partial charge in [-0.25, -0.2) is 4.79 Å². The maximum absolute atomic E-state index is 12.0. The number of hydrogen-bond donors (Lipinski definition) is 1. The van der Waals surface area contributed by atoms with E-state index in [1.54, 1.807) is 14.2 Å². The highest BCUT2D eigenvalue weighted by Crippen LogP contribution is 2.46. The molecule has 3 aromatic carbocycles. The summed E-state index contributed by atoms with van der Waals surface area (Å²) in [5.74, 6) is 2.14. The SMILES string of the molecule is COc1ccc(Cn2c(OC(=O)O)c(-c3ccc4nsnc4c3)c3cc(OC)c(OC4CCCC4)cc32)cc1. The van der Waals surface area contributed by atoms with Gasteiger partial charge in [-0.05, 0) is 67.1 Å². The van der Waals surface area contributed by atoms with Gasteiger partial charge in [-0.1, -0.05) is 18.2 Å². The van der Waals surface area contributed by atoms with Gasteiger partial charge >= 0.3 is 6.16 Å². The summed E-state index contributed by atoms with van der Waals surface area (Å²) < 4.78 is 33.5. The lowest BCUT2D eigenvalue weighted by molar-refractivity contribution is 0.141. The molecule has 200 valence electrons. The average molecular weight is 546 g/mol. The summed E-state index contributed by atoms with van der Waals surface area (Å²) in [7, 11) is 3.23. The molecular formula is C29H27N3O6S. The van der Waals surface area contributed by atoms with E-state index in [4.69, 9.17) is 18.9 Å². The predicted octanol–water partition coefficient (Wildman–Crippen LogP) is 6.76. The molecule has 0 radical (unpaired) electrons. The summed E-state index contributed by atoms with van der Waals surface area (Å²) in [6, 6.07) is 17.1. The number of carbonyl (C=O) groups is 1. The summed E-state index contributed by atoms with van der Waals surface area (Å²) in [6.07, 6.45) is 2.98. The minimum Gasteiger partial charge on any atom is -0.497 e. The lowest BCUT2D eigenvalue weighted by Crippen LogP contribution is -2.12. The largest absolute Gasteiger partial charge is 0.512 e. The van der Waals surface area contributed by atoms with Crippen LogP contribution in [-0.4, -0.2) is 44.9 Å². The van der Waals surface area contributed by atoms with Crippen LogP contribution in [-0.2, 0) is 6.54 Å². The first-order chi connectivity index (χ1) is 19.0. The Kier molecular flexibility index (Phi) is 6.70. The molecule has 0 unspecified atom stereocenters. The average Bonchev–Trinajstić information content (AvgIpc) is 3.69. The van der Waals surface area contributed by atoms with E-state index in [1.165, 1.54) is 0 Å². The number of benzene rings is 3. The fraction of sp³-hybridized carbons (Fsp3) is 0.276. The predicted molar refractivity (Wildman–Crippen MR) is 149 cm³/mol. The van der Waals surface area contributed by atoms with E-state index < -0.39 is 6.16 Å². The minimum atomic E-state index is -1.40. The van der Waals surface area contributed by atoms with Gasteiger partial charge in [0, 0.05) is 11.5 Å². The highest BCUT2D eigenvalue weighted by molar-refractivity contribution is 7.00. The first-order valence-electron chi connectivity index (χ1n) is 12.7. The van der Waals surface area contributed by atoms with Gasteiger partial charge in [0.25, 0.3) is 0 Å². The Morgan fingerprint density at radius 3 is 2.46 bits per heavy atom. The number of fused-ring (bicyclic) bond motifs is 2. The molecule has 5 aromatic rings. The second kappa shape index (κ2) is 10.5. The third-order valence-electron chi connectivity index (χ3n) is 7.12. The zero-order chi connectivity index (χ0) is 26.9. The van der Waals surface area contributed by atoms with E-state index in [-0.39, 0.29) is 12.0 Å². The number of methoxy groups -OCH3 is 2. The van der Waals surface area contributed by atoms with Gasteiger partial charge < -0.3 is 28.6 Å². The van der Waals surface area contributed by atoms with Crippen molar-refractivity contribution < 1.29 is 28.8 Å². The lowest BCUT2D eigenvalue weighted by atomic mass is 10.0. The van der Waals surface area contributed by atoms with E-state index >= 15 is 0 Å². The van der Waals surface area contributed by atoms with Crippen molar-refractivity contribution in [3.8, 4) is 34.3 Å². The van der Waals surface area contributed by atoms with Crippen molar-refractivity contribution in [2.75, 3.05) is 14.2 Å². The van der Waals surface area contributed by atoms with Crippen molar-refractivity contribution in [3.05, 3.63) is 60.2 Å². The fourth-order valence-electron chi connectivity index (χ4n) is 5.25. The van der Waals surface area contributed by atoms with Crippen LogP contribution in [0.15, 0.2) is 54.6 Å². The van der Waals surface area contributed by atoms with E-state index in [0.29, 0.717) is 23.6 Å². The first kappa shape index (κ1) is 25.0. The molecule has 1 aliphatic rings. The van der Waals surface area contributed by atoms with Gasteiger partial charge in [-0.15, -0.1) is 0 Å². The van der Waals surface area contributed by atoms with Crippen LogP contribution in [0.2, 0.25) is 0 Å². The highest BCUT2D eigenvalue weighted by Gasteiger charge is 2.26. The molecule has 1 fully saturated rings. The van der Waals surface area contributed by atoms with Crippen molar-refractivity contribution in [1.29, 1.82) is 0 Å². The van der Waals surface area contributed by atoms with Crippen molar-refractivity contribution in [3.63, 3.8) is 0 Å². The number of ether oxygens (including phenoxy) is 4. The van der Waals surface area contributed by atoms with Crippen LogP contribution in [0.4, 0.5) is 4.79 Å². The van der Waals surface area contributed by atoms with Crippen molar-refractivity contribution in [1.82, 2.24) is 13.3 Å². The summed E-state index contributed by atoms with van der Waals surface area (Å²) >= 11 is 1.13. The van der Waals surface area contributed by atoms with Gasteiger partial charge in [-0.3, -0.25) is 0 Å². The first-order valence-corrected chi connectivity index (χ1v) is 13.4. The Labute approximate surface area is 228 Å². The van der Waals surface area contributed by atoms with E-state index in [1.807, 2.05) is 59.2 Å². The number of nitrogens with zero attached hydrogens (tertiary/aromatic N) is 3. The van der Waals surface area contributed by atoms with Gasteiger partial charge in [0.05, 0.1) is 49.7 Å². The van der Waals surface area contributed by atoms with Crippen LogP contribution in [0.25, 0.3) is 33.1 Å². The Balaban J connectivity index is 1.59. The van der Waals surface area contributed by atoms with Crippen LogP contribution >= 0.6 is 11.7 Å². The molecule has 0 atom stereocenters. The Morgan fingerprint density at radius 1 is 0.974 bits per heavy atom. The highest BCUT2D eigenvalue weighted by atomic mass is 32.1. The third-order valence-corrected chi connectivity index (χ3v) is 7.68. The summed E-state index contributed by atoms with van der Waals surface area (Å²) in [4.78, 5) is 12.0. The molecular weight excluding hydrogens is 518 g/mol. The second-order valence-corrected chi connectivity index (χ2v) is 10.0. The smallest absolute Gasteiger partial charge is 0.497 e. The molecule has 0 saturated heterocycles. The molecule has 6 rings (SSSR count). The van der Waals surface area contributed by atoms with E-state index in [9.17, 15) is 9.90 Å². The van der Waals surface area contributed by atoms with Crippen LogP contribution < -0.4 is 18.9 Å². The van der Waals surface area contributed by atoms with Crippen LogP contribution in [0.3, 0.4) is 0 Å². The summed E-state index contributed by atoms with van der Waals surface area (Å²) in [5, 5.41) is 10.6. The maximum Gasteiger partial charge on any atom is 0.512 e. The normalized spacial score (nSPS) is 13.7. The molecule has 2 heterocycles. The number of carboxylic acid groups (broad SMARTS) is 1. The quantitative estimate of drug-likeness (QED) is 0.213. The number of rotatable bonds is 8. The lowest BCUT2D eigenvalue weighted by Gasteiger charge is -2.17. The zero-order valence-corrected chi connectivity index (χ0v) is 22.4. The van der Waals surface area contributed by atoms with Gasteiger partial charge in [0.15, 0.2) is 11.5 Å².